The average Bonchev–Trinajstić information content (AvgIpc) is 2.83. The van der Waals surface area contributed by atoms with E-state index >= 15 is 0 Å². The molecule has 186 valence electrons. The van der Waals surface area contributed by atoms with E-state index in [-0.39, 0.29) is 18.3 Å². The predicted molar refractivity (Wildman–Crippen MR) is 126 cm³/mol. The van der Waals surface area contributed by atoms with Crippen LogP contribution in [0.25, 0.3) is 0 Å². The van der Waals surface area contributed by atoms with Crippen molar-refractivity contribution in [3.8, 4) is 5.75 Å². The molecule has 1 saturated heterocycles. The van der Waals surface area contributed by atoms with E-state index in [1.54, 1.807) is 13.3 Å². The monoisotopic (exact) mass is 480 g/mol. The quantitative estimate of drug-likeness (QED) is 0.314. The van der Waals surface area contributed by atoms with E-state index < -0.39 is 11.9 Å². The molecule has 0 saturated carbocycles. The van der Waals surface area contributed by atoms with Gasteiger partial charge < -0.3 is 25.1 Å². The van der Waals surface area contributed by atoms with Gasteiger partial charge in [0.25, 0.3) is 0 Å². The third-order valence-corrected chi connectivity index (χ3v) is 5.11. The summed E-state index contributed by atoms with van der Waals surface area (Å²) in [5.74, 6) is 1.18. The zero-order valence-electron chi connectivity index (χ0n) is 19.4. The SMILES string of the molecule is C=C.COCCNc1nc(N2CC(COc3cccnc3C(F)(F)F)C[C@H](C)C2)cnc1C=N. The predicted octanol–water partition coefficient (Wildman–Crippen LogP) is 4.29. The van der Waals surface area contributed by atoms with Crippen LogP contribution in [0.4, 0.5) is 24.8 Å². The second-order valence-electron chi connectivity index (χ2n) is 7.80. The Morgan fingerprint density at radius 1 is 1.29 bits per heavy atom. The van der Waals surface area contributed by atoms with Crippen LogP contribution in [0, 0.1) is 17.2 Å². The van der Waals surface area contributed by atoms with Crippen molar-refractivity contribution in [3.63, 3.8) is 0 Å². The zero-order chi connectivity index (χ0) is 25.1. The summed E-state index contributed by atoms with van der Waals surface area (Å²) in [6, 6.07) is 2.72. The van der Waals surface area contributed by atoms with Crippen LogP contribution in [-0.4, -0.2) is 61.1 Å². The molecule has 34 heavy (non-hydrogen) atoms. The van der Waals surface area contributed by atoms with Crippen molar-refractivity contribution in [2.45, 2.75) is 19.5 Å². The number of rotatable bonds is 9. The molecular formula is C23H31F3N6O2. The first kappa shape index (κ1) is 27.0. The van der Waals surface area contributed by atoms with Crippen molar-refractivity contribution in [3.05, 3.63) is 49.1 Å². The van der Waals surface area contributed by atoms with Gasteiger partial charge in [0.1, 0.15) is 17.3 Å². The number of nitrogens with zero attached hydrogens (tertiary/aromatic N) is 4. The van der Waals surface area contributed by atoms with E-state index in [1.807, 2.05) is 0 Å². The fourth-order valence-corrected chi connectivity index (χ4v) is 3.76. The van der Waals surface area contributed by atoms with Gasteiger partial charge in [-0.25, -0.2) is 15.0 Å². The molecule has 0 spiro atoms. The molecule has 0 aromatic carbocycles. The van der Waals surface area contributed by atoms with Crippen LogP contribution in [-0.2, 0) is 10.9 Å². The Hall–Kier alpha value is -3.21. The van der Waals surface area contributed by atoms with Crippen LogP contribution in [0.2, 0.25) is 0 Å². The van der Waals surface area contributed by atoms with Crippen LogP contribution in [0.1, 0.15) is 24.7 Å². The topological polar surface area (TPSA) is 96.2 Å². The normalized spacial score (nSPS) is 18.0. The molecule has 0 amide bonds. The maximum Gasteiger partial charge on any atom is 0.437 e. The van der Waals surface area contributed by atoms with Crippen molar-refractivity contribution < 1.29 is 22.6 Å². The van der Waals surface area contributed by atoms with E-state index in [4.69, 9.17) is 14.9 Å². The highest BCUT2D eigenvalue weighted by Gasteiger charge is 2.36. The number of hydrogen-bond acceptors (Lipinski definition) is 8. The Morgan fingerprint density at radius 3 is 2.74 bits per heavy atom. The lowest BCUT2D eigenvalue weighted by molar-refractivity contribution is -0.142. The number of halogens is 3. The van der Waals surface area contributed by atoms with Gasteiger partial charge in [-0.2, -0.15) is 13.2 Å². The average molecular weight is 481 g/mol. The minimum Gasteiger partial charge on any atom is -0.491 e. The van der Waals surface area contributed by atoms with Gasteiger partial charge in [0.15, 0.2) is 11.5 Å². The second kappa shape index (κ2) is 12.9. The largest absolute Gasteiger partial charge is 0.491 e. The van der Waals surface area contributed by atoms with Gasteiger partial charge in [-0.15, -0.1) is 13.2 Å². The Bertz CT molecular complexity index is 928. The molecule has 2 aromatic rings. The van der Waals surface area contributed by atoms with Crippen LogP contribution in [0.5, 0.6) is 5.75 Å². The standard InChI is InChI=1S/C21H27F3N6O2.C2H4/c1-14-8-15(13-32-17-4-3-5-26-19(17)21(22,23)24)12-30(11-14)18-10-28-16(9-25)20(29-18)27-6-7-31-2;1-2/h3-5,9-10,14-15,25H,6-8,11-13H2,1-2H3,(H,27,29);1-2H2/t14-,15?;/m0./s1. The van der Waals surface area contributed by atoms with Crippen LogP contribution >= 0.6 is 0 Å². The summed E-state index contributed by atoms with van der Waals surface area (Å²) in [5, 5.41) is 10.6. The smallest absolute Gasteiger partial charge is 0.437 e. The number of hydrogen-bond donors (Lipinski definition) is 2. The Labute approximate surface area is 197 Å². The first-order chi connectivity index (χ1) is 16.3. The molecule has 2 atom stereocenters. The third kappa shape index (κ3) is 7.41. The summed E-state index contributed by atoms with van der Waals surface area (Å²) >= 11 is 0. The van der Waals surface area contributed by atoms with Crippen molar-refractivity contribution >= 4 is 17.9 Å². The first-order valence-corrected chi connectivity index (χ1v) is 10.8. The zero-order valence-corrected chi connectivity index (χ0v) is 19.4. The van der Waals surface area contributed by atoms with E-state index in [9.17, 15) is 13.2 Å². The highest BCUT2D eigenvalue weighted by molar-refractivity contribution is 5.81. The van der Waals surface area contributed by atoms with E-state index in [2.05, 4.69) is 45.3 Å². The molecule has 0 radical (unpaired) electrons. The molecule has 1 aliphatic heterocycles. The number of pyridine rings is 1. The summed E-state index contributed by atoms with van der Waals surface area (Å²) in [7, 11) is 1.60. The highest BCUT2D eigenvalue weighted by Crippen LogP contribution is 2.35. The van der Waals surface area contributed by atoms with Crippen molar-refractivity contribution in [1.82, 2.24) is 15.0 Å². The molecule has 3 rings (SSSR count). The molecule has 2 N–H and O–H groups in total. The van der Waals surface area contributed by atoms with Crippen LogP contribution in [0.3, 0.4) is 0 Å². The summed E-state index contributed by atoms with van der Waals surface area (Å²) in [4.78, 5) is 14.4. The third-order valence-electron chi connectivity index (χ3n) is 5.11. The maximum absolute atomic E-state index is 13.2. The lowest BCUT2D eigenvalue weighted by Crippen LogP contribution is -2.42. The van der Waals surface area contributed by atoms with Gasteiger partial charge in [-0.05, 0) is 24.5 Å². The molecule has 1 aliphatic rings. The number of ether oxygens (including phenoxy) is 2. The molecule has 2 aromatic heterocycles. The number of piperidine rings is 1. The highest BCUT2D eigenvalue weighted by atomic mass is 19.4. The van der Waals surface area contributed by atoms with Crippen molar-refractivity contribution in [1.29, 1.82) is 5.41 Å². The molecule has 1 fully saturated rings. The van der Waals surface area contributed by atoms with Gasteiger partial charge in [0.05, 0.1) is 19.4 Å². The number of methoxy groups -OCH3 is 1. The molecule has 0 aliphatic carbocycles. The van der Waals surface area contributed by atoms with Gasteiger partial charge in [0, 0.05) is 45.1 Å². The number of nitrogens with one attached hydrogen (secondary N) is 2. The number of aromatic nitrogens is 3. The molecule has 3 heterocycles. The Kier molecular flexibility index (Phi) is 10.2. The summed E-state index contributed by atoms with van der Waals surface area (Å²) in [6.45, 7) is 10.5. The van der Waals surface area contributed by atoms with Gasteiger partial charge in [-0.1, -0.05) is 6.92 Å². The lowest BCUT2D eigenvalue weighted by atomic mass is 9.91. The molecular weight excluding hydrogens is 449 g/mol. The number of alkyl halides is 3. The summed E-state index contributed by atoms with van der Waals surface area (Å²) in [6.07, 6.45) is 0.104. The first-order valence-electron chi connectivity index (χ1n) is 10.8. The van der Waals surface area contributed by atoms with Crippen LogP contribution < -0.4 is 15.0 Å². The fraction of sp³-hybridized carbons (Fsp3) is 0.478. The second-order valence-corrected chi connectivity index (χ2v) is 7.80. The number of anilines is 2. The minimum absolute atomic E-state index is 0.00848. The van der Waals surface area contributed by atoms with Crippen molar-refractivity contribution in [2.75, 3.05) is 50.2 Å². The van der Waals surface area contributed by atoms with E-state index in [1.165, 1.54) is 12.1 Å². The fourth-order valence-electron chi connectivity index (χ4n) is 3.76. The maximum atomic E-state index is 13.2. The van der Waals surface area contributed by atoms with Gasteiger partial charge in [-0.3, -0.25) is 0 Å². The molecule has 8 nitrogen and oxygen atoms in total. The summed E-state index contributed by atoms with van der Waals surface area (Å²) < 4.78 is 50.1. The van der Waals surface area contributed by atoms with Crippen LogP contribution in [0.15, 0.2) is 37.7 Å². The Balaban J connectivity index is 0.00000199. The molecule has 0 bridgehead atoms. The Morgan fingerprint density at radius 2 is 2.06 bits per heavy atom. The minimum atomic E-state index is -4.57. The van der Waals surface area contributed by atoms with Gasteiger partial charge in [0.2, 0.25) is 0 Å². The summed E-state index contributed by atoms with van der Waals surface area (Å²) in [5.41, 5.74) is -0.591. The lowest BCUT2D eigenvalue weighted by Gasteiger charge is -2.37. The van der Waals surface area contributed by atoms with E-state index in [0.29, 0.717) is 42.9 Å². The van der Waals surface area contributed by atoms with E-state index in [0.717, 1.165) is 25.4 Å². The molecule has 11 heteroatoms. The van der Waals surface area contributed by atoms with Crippen molar-refractivity contribution in [2.24, 2.45) is 11.8 Å². The molecule has 1 unspecified atom stereocenters. The van der Waals surface area contributed by atoms with Gasteiger partial charge >= 0.3 is 6.18 Å².